The number of benzene rings is 2. The van der Waals surface area contributed by atoms with Gasteiger partial charge in [-0.25, -0.2) is 0 Å². The summed E-state index contributed by atoms with van der Waals surface area (Å²) in [6.45, 7) is 0.732. The van der Waals surface area contributed by atoms with Gasteiger partial charge in [0.15, 0.2) is 0 Å². The number of nitrogens with two attached hydrogens (primary N) is 1. The molecule has 2 nitrogen and oxygen atoms in total. The zero-order valence-corrected chi connectivity index (χ0v) is 11.9. The third-order valence-corrected chi connectivity index (χ3v) is 4.42. The van der Waals surface area contributed by atoms with E-state index in [1.807, 2.05) is 0 Å². The van der Waals surface area contributed by atoms with E-state index in [4.69, 9.17) is 10.5 Å². The highest BCUT2D eigenvalue weighted by Crippen LogP contribution is 2.31. The van der Waals surface area contributed by atoms with Gasteiger partial charge in [-0.3, -0.25) is 0 Å². The van der Waals surface area contributed by atoms with Gasteiger partial charge >= 0.3 is 0 Å². The van der Waals surface area contributed by atoms with Crippen LogP contribution in [0.2, 0.25) is 0 Å². The Bertz CT molecular complexity index is 561. The maximum atomic E-state index is 6.37. The van der Waals surface area contributed by atoms with Crippen LogP contribution in [0.5, 0.6) is 5.75 Å². The van der Waals surface area contributed by atoms with Crippen molar-refractivity contribution >= 4 is 10.8 Å². The van der Waals surface area contributed by atoms with Crippen molar-refractivity contribution in [1.82, 2.24) is 0 Å². The summed E-state index contributed by atoms with van der Waals surface area (Å²) in [5, 5.41) is 2.44. The SMILES string of the molecule is NCC1CCCCCC1Oc1cccc2ccccc12. The van der Waals surface area contributed by atoms with E-state index in [1.54, 1.807) is 0 Å². The highest BCUT2D eigenvalue weighted by molar-refractivity contribution is 5.88. The van der Waals surface area contributed by atoms with Crippen LogP contribution < -0.4 is 10.5 Å². The number of ether oxygens (including phenoxy) is 1. The molecule has 0 heterocycles. The molecule has 1 fully saturated rings. The highest BCUT2D eigenvalue weighted by Gasteiger charge is 2.24. The first-order valence-corrected chi connectivity index (χ1v) is 7.73. The summed E-state index contributed by atoms with van der Waals surface area (Å²) < 4.78 is 6.37. The van der Waals surface area contributed by atoms with Gasteiger partial charge < -0.3 is 10.5 Å². The molecule has 2 heteroatoms. The first-order valence-electron chi connectivity index (χ1n) is 7.73. The molecule has 0 saturated heterocycles. The van der Waals surface area contributed by atoms with E-state index in [9.17, 15) is 0 Å². The summed E-state index contributed by atoms with van der Waals surface area (Å²) in [6.07, 6.45) is 6.46. The molecule has 0 aromatic heterocycles. The molecule has 1 saturated carbocycles. The van der Waals surface area contributed by atoms with Crippen molar-refractivity contribution in [2.75, 3.05) is 6.54 Å². The zero-order valence-electron chi connectivity index (χ0n) is 11.9. The molecule has 2 aromatic rings. The lowest BCUT2D eigenvalue weighted by atomic mass is 9.97. The topological polar surface area (TPSA) is 35.2 Å². The fourth-order valence-corrected chi connectivity index (χ4v) is 3.24. The van der Waals surface area contributed by atoms with Crippen LogP contribution in [0.4, 0.5) is 0 Å². The molecule has 0 aliphatic heterocycles. The van der Waals surface area contributed by atoms with Gasteiger partial charge in [-0.15, -0.1) is 0 Å². The molecule has 2 aromatic carbocycles. The third-order valence-electron chi connectivity index (χ3n) is 4.42. The second kappa shape index (κ2) is 6.27. The van der Waals surface area contributed by atoms with Crippen molar-refractivity contribution < 1.29 is 4.74 Å². The normalized spacial score (nSPS) is 23.4. The first kappa shape index (κ1) is 13.4. The Balaban J connectivity index is 1.87. The zero-order chi connectivity index (χ0) is 13.8. The molecule has 2 unspecified atom stereocenters. The largest absolute Gasteiger partial charge is 0.489 e. The predicted molar refractivity (Wildman–Crippen MR) is 84.0 cm³/mol. The highest BCUT2D eigenvalue weighted by atomic mass is 16.5. The summed E-state index contributed by atoms with van der Waals surface area (Å²) in [5.41, 5.74) is 5.95. The van der Waals surface area contributed by atoms with Gasteiger partial charge in [0, 0.05) is 11.3 Å². The molecule has 0 spiro atoms. The fraction of sp³-hybridized carbons (Fsp3) is 0.444. The minimum Gasteiger partial charge on any atom is -0.489 e. The maximum Gasteiger partial charge on any atom is 0.127 e. The number of rotatable bonds is 3. The Labute approximate surface area is 120 Å². The Kier molecular flexibility index (Phi) is 4.22. The van der Waals surface area contributed by atoms with E-state index in [0.29, 0.717) is 5.92 Å². The third kappa shape index (κ3) is 2.80. The molecular weight excluding hydrogens is 246 g/mol. The quantitative estimate of drug-likeness (QED) is 0.850. The second-order valence-electron chi connectivity index (χ2n) is 5.77. The van der Waals surface area contributed by atoms with E-state index < -0.39 is 0 Å². The van der Waals surface area contributed by atoms with Gasteiger partial charge in [0.25, 0.3) is 0 Å². The van der Waals surface area contributed by atoms with Crippen LogP contribution in [0.3, 0.4) is 0 Å². The number of fused-ring (bicyclic) bond motifs is 1. The Morgan fingerprint density at radius 3 is 2.65 bits per heavy atom. The summed E-state index contributed by atoms with van der Waals surface area (Å²) in [4.78, 5) is 0. The van der Waals surface area contributed by atoms with Crippen molar-refractivity contribution in [1.29, 1.82) is 0 Å². The van der Waals surface area contributed by atoms with Crippen LogP contribution in [0.25, 0.3) is 10.8 Å². The molecular formula is C18H23NO. The molecule has 1 aliphatic rings. The maximum absolute atomic E-state index is 6.37. The summed E-state index contributed by atoms with van der Waals surface area (Å²) in [7, 11) is 0. The Morgan fingerprint density at radius 1 is 0.950 bits per heavy atom. The molecule has 0 amide bonds. The second-order valence-corrected chi connectivity index (χ2v) is 5.77. The van der Waals surface area contributed by atoms with Crippen molar-refractivity contribution in [3.63, 3.8) is 0 Å². The minimum absolute atomic E-state index is 0.272. The lowest BCUT2D eigenvalue weighted by Gasteiger charge is -2.25. The molecule has 20 heavy (non-hydrogen) atoms. The van der Waals surface area contributed by atoms with Gasteiger partial charge in [0.2, 0.25) is 0 Å². The van der Waals surface area contributed by atoms with Crippen LogP contribution in [-0.4, -0.2) is 12.6 Å². The van der Waals surface area contributed by atoms with Crippen molar-refractivity contribution in [2.45, 2.75) is 38.2 Å². The fourth-order valence-electron chi connectivity index (χ4n) is 3.24. The predicted octanol–water partition coefficient (Wildman–Crippen LogP) is 4.13. The number of hydrogen-bond donors (Lipinski definition) is 1. The Hall–Kier alpha value is -1.54. The van der Waals surface area contributed by atoms with Crippen molar-refractivity contribution in [3.8, 4) is 5.75 Å². The van der Waals surface area contributed by atoms with E-state index >= 15 is 0 Å². The average Bonchev–Trinajstić information content (AvgIpc) is 2.72. The van der Waals surface area contributed by atoms with Gasteiger partial charge in [-0.2, -0.15) is 0 Å². The molecule has 1 aliphatic carbocycles. The monoisotopic (exact) mass is 269 g/mol. The molecule has 0 radical (unpaired) electrons. The lowest BCUT2D eigenvalue weighted by Crippen LogP contribution is -2.31. The summed E-state index contributed by atoms with van der Waals surface area (Å²) in [6, 6.07) is 14.7. The first-order chi connectivity index (χ1) is 9.88. The standard InChI is InChI=1S/C18H23NO/c19-13-15-8-2-1-3-11-17(15)20-18-12-6-9-14-7-4-5-10-16(14)18/h4-7,9-10,12,15,17H,1-3,8,11,13,19H2. The molecule has 2 N–H and O–H groups in total. The van der Waals surface area contributed by atoms with Crippen molar-refractivity contribution in [2.24, 2.45) is 11.7 Å². The van der Waals surface area contributed by atoms with Crippen LogP contribution in [0, 0.1) is 5.92 Å². The van der Waals surface area contributed by atoms with Gasteiger partial charge in [0.05, 0.1) is 0 Å². The lowest BCUT2D eigenvalue weighted by molar-refractivity contribution is 0.131. The van der Waals surface area contributed by atoms with Crippen LogP contribution in [0.15, 0.2) is 42.5 Å². The average molecular weight is 269 g/mol. The number of hydrogen-bond acceptors (Lipinski definition) is 2. The summed E-state index contributed by atoms with van der Waals surface area (Å²) in [5.74, 6) is 1.50. The van der Waals surface area contributed by atoms with E-state index in [0.717, 1.165) is 18.7 Å². The van der Waals surface area contributed by atoms with Crippen molar-refractivity contribution in [3.05, 3.63) is 42.5 Å². The van der Waals surface area contributed by atoms with Gasteiger partial charge in [-0.05, 0) is 37.3 Å². The van der Waals surface area contributed by atoms with Crippen LogP contribution in [0.1, 0.15) is 32.1 Å². The molecule has 2 atom stereocenters. The smallest absolute Gasteiger partial charge is 0.127 e. The molecule has 0 bridgehead atoms. The van der Waals surface area contributed by atoms with E-state index in [2.05, 4.69) is 42.5 Å². The van der Waals surface area contributed by atoms with Gasteiger partial charge in [-0.1, -0.05) is 49.2 Å². The van der Waals surface area contributed by atoms with E-state index in [1.165, 1.54) is 36.5 Å². The van der Waals surface area contributed by atoms with E-state index in [-0.39, 0.29) is 6.10 Å². The van der Waals surface area contributed by atoms with Gasteiger partial charge in [0.1, 0.15) is 11.9 Å². The minimum atomic E-state index is 0.272. The molecule has 3 rings (SSSR count). The molecule has 106 valence electrons. The van der Waals surface area contributed by atoms with Crippen LogP contribution in [-0.2, 0) is 0 Å². The summed E-state index contributed by atoms with van der Waals surface area (Å²) >= 11 is 0. The Morgan fingerprint density at radius 2 is 1.75 bits per heavy atom. The van der Waals surface area contributed by atoms with Crippen LogP contribution >= 0.6 is 0 Å².